The van der Waals surface area contributed by atoms with Gasteiger partial charge in [-0.25, -0.2) is 4.98 Å². The SMILES string of the molecule is CN1CCCC1c1ncc(-c2ccc(-c3ncc(OI)c4c3C3CCC3C4)cc2)[nH]1. The van der Waals surface area contributed by atoms with Gasteiger partial charge in [-0.1, -0.05) is 24.3 Å². The Morgan fingerprint density at radius 1 is 1.07 bits per heavy atom. The van der Waals surface area contributed by atoms with Crippen LogP contribution in [0.4, 0.5) is 0 Å². The molecule has 3 heterocycles. The van der Waals surface area contributed by atoms with Gasteiger partial charge in [-0.3, -0.25) is 9.88 Å². The molecule has 2 aromatic heterocycles. The fourth-order valence-electron chi connectivity index (χ4n) is 5.62. The first-order chi connectivity index (χ1) is 14.7. The Kier molecular flexibility index (Phi) is 4.60. The predicted molar refractivity (Wildman–Crippen MR) is 126 cm³/mol. The lowest BCUT2D eigenvalue weighted by atomic mass is 9.73. The fraction of sp³-hybridized carbons (Fsp3) is 0.417. The lowest BCUT2D eigenvalue weighted by Crippen LogP contribution is -2.19. The molecule has 1 aliphatic heterocycles. The molecule has 2 aliphatic carbocycles. The van der Waals surface area contributed by atoms with Gasteiger partial charge in [0, 0.05) is 11.1 Å². The highest BCUT2D eigenvalue weighted by Crippen LogP contribution is 2.55. The second-order valence-corrected chi connectivity index (χ2v) is 9.43. The van der Waals surface area contributed by atoms with Crippen LogP contribution < -0.4 is 3.07 Å². The molecule has 3 aromatic rings. The summed E-state index contributed by atoms with van der Waals surface area (Å²) in [6, 6.07) is 9.20. The van der Waals surface area contributed by atoms with E-state index in [4.69, 9.17) is 8.05 Å². The number of aromatic amines is 1. The number of nitrogens with one attached hydrogen (secondary N) is 1. The molecule has 2 fully saturated rings. The number of fused-ring (bicyclic) bond motifs is 3. The maximum atomic E-state index is 5.59. The van der Waals surface area contributed by atoms with E-state index in [-0.39, 0.29) is 0 Å². The molecule has 154 valence electrons. The number of hydrogen-bond acceptors (Lipinski definition) is 4. The Hall–Kier alpha value is -1.93. The number of H-pyrrole nitrogens is 1. The molecule has 1 saturated carbocycles. The number of likely N-dealkylation sites (tertiary alicyclic amines) is 1. The van der Waals surface area contributed by atoms with Crippen molar-refractivity contribution in [3.63, 3.8) is 0 Å². The summed E-state index contributed by atoms with van der Waals surface area (Å²) >= 11 is 1.98. The van der Waals surface area contributed by atoms with Crippen LogP contribution in [-0.2, 0) is 6.42 Å². The zero-order valence-corrected chi connectivity index (χ0v) is 19.2. The average Bonchev–Trinajstić information content (AvgIpc) is 3.45. The summed E-state index contributed by atoms with van der Waals surface area (Å²) < 4.78 is 5.59. The molecule has 5 nitrogen and oxygen atoms in total. The van der Waals surface area contributed by atoms with Crippen LogP contribution in [0.3, 0.4) is 0 Å². The van der Waals surface area contributed by atoms with E-state index < -0.39 is 0 Å². The van der Waals surface area contributed by atoms with Crippen LogP contribution in [0, 0.1) is 5.92 Å². The molecule has 3 aliphatic rings. The molecule has 1 N–H and O–H groups in total. The Morgan fingerprint density at radius 3 is 2.60 bits per heavy atom. The van der Waals surface area contributed by atoms with Crippen molar-refractivity contribution in [2.45, 2.75) is 44.1 Å². The first kappa shape index (κ1) is 18.8. The zero-order valence-electron chi connectivity index (χ0n) is 17.1. The average molecular weight is 512 g/mol. The first-order valence-corrected chi connectivity index (χ1v) is 11.8. The van der Waals surface area contributed by atoms with Crippen LogP contribution in [0.25, 0.3) is 22.5 Å². The topological polar surface area (TPSA) is 54.0 Å². The van der Waals surface area contributed by atoms with Gasteiger partial charge in [0.2, 0.25) is 0 Å². The molecule has 3 atom stereocenters. The van der Waals surface area contributed by atoms with Crippen molar-refractivity contribution in [3.8, 4) is 28.3 Å². The van der Waals surface area contributed by atoms with E-state index in [9.17, 15) is 0 Å². The summed E-state index contributed by atoms with van der Waals surface area (Å²) in [6.45, 7) is 1.15. The number of hydrogen-bond donors (Lipinski definition) is 1. The standard InChI is InChI=1S/C24H25IN4O/c1-29-10-2-3-20(29)24-27-12-19(28-24)14-4-6-15(7-5-14)23-22-17-9-8-16(17)11-18(22)21(30-25)13-26-23/h4-7,12-13,16-17,20H,2-3,8-11H2,1H3,(H,27,28). The minimum absolute atomic E-state index is 0.416. The third-order valence-corrected chi connectivity index (χ3v) is 7.90. The third-order valence-electron chi connectivity index (χ3n) is 7.43. The lowest BCUT2D eigenvalue weighted by Gasteiger charge is -2.31. The molecule has 0 amide bonds. The largest absolute Gasteiger partial charge is 0.426 e. The molecule has 1 saturated heterocycles. The third kappa shape index (κ3) is 2.91. The molecule has 6 rings (SSSR count). The van der Waals surface area contributed by atoms with Gasteiger partial charge >= 0.3 is 0 Å². The number of imidazole rings is 1. The van der Waals surface area contributed by atoms with Crippen molar-refractivity contribution in [2.75, 3.05) is 13.6 Å². The Labute approximate surface area is 191 Å². The molecular formula is C24H25IN4O. The van der Waals surface area contributed by atoms with Crippen molar-refractivity contribution in [1.29, 1.82) is 0 Å². The van der Waals surface area contributed by atoms with Gasteiger partial charge in [0.15, 0.2) is 28.8 Å². The van der Waals surface area contributed by atoms with Crippen LogP contribution in [0.2, 0.25) is 0 Å². The van der Waals surface area contributed by atoms with E-state index in [1.54, 1.807) is 0 Å². The normalized spacial score (nSPS) is 25.1. The summed E-state index contributed by atoms with van der Waals surface area (Å²) in [6.07, 6.45) is 10.0. The van der Waals surface area contributed by atoms with Crippen LogP contribution >= 0.6 is 23.0 Å². The summed E-state index contributed by atoms with van der Waals surface area (Å²) in [5.41, 5.74) is 7.40. The van der Waals surface area contributed by atoms with Crippen LogP contribution in [-0.4, -0.2) is 33.4 Å². The number of pyridine rings is 1. The zero-order chi connectivity index (χ0) is 20.2. The summed E-state index contributed by atoms with van der Waals surface area (Å²) in [4.78, 5) is 15.4. The van der Waals surface area contributed by atoms with E-state index in [0.29, 0.717) is 12.0 Å². The highest BCUT2D eigenvalue weighted by molar-refractivity contribution is 14.1. The van der Waals surface area contributed by atoms with Crippen molar-refractivity contribution < 1.29 is 3.07 Å². The number of aromatic nitrogens is 3. The maximum absolute atomic E-state index is 5.59. The molecule has 1 aromatic carbocycles. The molecular weight excluding hydrogens is 487 g/mol. The van der Waals surface area contributed by atoms with Gasteiger partial charge in [-0.2, -0.15) is 0 Å². The molecule has 0 bridgehead atoms. The predicted octanol–water partition coefficient (Wildman–Crippen LogP) is 5.68. The highest BCUT2D eigenvalue weighted by Gasteiger charge is 2.42. The molecule has 30 heavy (non-hydrogen) atoms. The van der Waals surface area contributed by atoms with Crippen molar-refractivity contribution in [3.05, 3.63) is 53.6 Å². The van der Waals surface area contributed by atoms with Gasteiger partial charge in [0.25, 0.3) is 0 Å². The van der Waals surface area contributed by atoms with E-state index in [1.807, 2.05) is 35.4 Å². The fourth-order valence-corrected chi connectivity index (χ4v) is 6.00. The Bertz CT molecular complexity index is 1090. The van der Waals surface area contributed by atoms with Crippen molar-refractivity contribution >= 4 is 23.0 Å². The summed E-state index contributed by atoms with van der Waals surface area (Å²) in [5.74, 6) is 3.47. The number of nitrogens with zero attached hydrogens (tertiary/aromatic N) is 3. The van der Waals surface area contributed by atoms with Gasteiger partial charge in [-0.05, 0) is 68.7 Å². The van der Waals surface area contributed by atoms with E-state index in [0.717, 1.165) is 41.8 Å². The van der Waals surface area contributed by atoms with Gasteiger partial charge in [0.05, 0.1) is 29.8 Å². The Morgan fingerprint density at radius 2 is 1.90 bits per heavy atom. The van der Waals surface area contributed by atoms with E-state index in [1.165, 1.54) is 47.9 Å². The number of benzene rings is 1. The summed E-state index contributed by atoms with van der Waals surface area (Å²) in [7, 11) is 2.18. The first-order valence-electron chi connectivity index (χ1n) is 10.9. The molecule has 6 heteroatoms. The highest BCUT2D eigenvalue weighted by atomic mass is 127. The van der Waals surface area contributed by atoms with Crippen molar-refractivity contribution in [2.24, 2.45) is 5.92 Å². The van der Waals surface area contributed by atoms with E-state index in [2.05, 4.69) is 46.2 Å². The second-order valence-electron chi connectivity index (χ2n) is 8.99. The quantitative estimate of drug-likeness (QED) is 0.457. The molecule has 0 spiro atoms. The maximum Gasteiger partial charge on any atom is 0.192 e. The second kappa shape index (κ2) is 7.34. The van der Waals surface area contributed by atoms with Gasteiger partial charge < -0.3 is 8.05 Å². The van der Waals surface area contributed by atoms with Crippen LogP contribution in [0.15, 0.2) is 36.7 Å². The molecule has 3 unspecified atom stereocenters. The lowest BCUT2D eigenvalue weighted by molar-refractivity contribution is 0.281. The number of halogens is 1. The van der Waals surface area contributed by atoms with Crippen LogP contribution in [0.5, 0.6) is 5.75 Å². The smallest absolute Gasteiger partial charge is 0.192 e. The van der Waals surface area contributed by atoms with Gasteiger partial charge in [0.1, 0.15) is 5.82 Å². The monoisotopic (exact) mass is 512 g/mol. The minimum Gasteiger partial charge on any atom is -0.426 e. The van der Waals surface area contributed by atoms with Crippen LogP contribution in [0.1, 0.15) is 54.6 Å². The van der Waals surface area contributed by atoms with Crippen molar-refractivity contribution in [1.82, 2.24) is 19.9 Å². The minimum atomic E-state index is 0.416. The molecule has 0 radical (unpaired) electrons. The van der Waals surface area contributed by atoms with Gasteiger partial charge in [-0.15, -0.1) is 0 Å². The van der Waals surface area contributed by atoms with E-state index >= 15 is 0 Å². The number of rotatable bonds is 4. The Balaban J connectivity index is 1.31. The summed E-state index contributed by atoms with van der Waals surface area (Å²) in [5, 5.41) is 0.